The third kappa shape index (κ3) is 3.11. The fraction of sp³-hybridized carbons (Fsp3) is 0.421. The van der Waals surface area contributed by atoms with Crippen LogP contribution < -0.4 is 5.32 Å². The number of hydrogen-bond donors (Lipinski definition) is 1. The van der Waals surface area contributed by atoms with Crippen LogP contribution in [0, 0.1) is 25.7 Å². The smallest absolute Gasteiger partial charge is 0.233 e. The molecule has 1 aromatic carbocycles. The summed E-state index contributed by atoms with van der Waals surface area (Å²) in [6.07, 6.45) is 5.29. The third-order valence-electron chi connectivity index (χ3n) is 4.95. The number of rotatable bonds is 4. The summed E-state index contributed by atoms with van der Waals surface area (Å²) < 4.78 is 0. The van der Waals surface area contributed by atoms with Gasteiger partial charge in [-0.1, -0.05) is 18.2 Å². The van der Waals surface area contributed by atoms with Crippen molar-refractivity contribution in [1.29, 1.82) is 0 Å². The largest absolute Gasteiger partial charge is 0.326 e. The van der Waals surface area contributed by atoms with E-state index in [1.807, 2.05) is 44.2 Å². The molecule has 1 N–H and O–H groups in total. The molecule has 3 rings (SSSR count). The van der Waals surface area contributed by atoms with E-state index < -0.39 is 0 Å². The molecule has 0 radical (unpaired) electrons. The molecule has 0 bridgehead atoms. The highest BCUT2D eigenvalue weighted by atomic mass is 16.2. The van der Waals surface area contributed by atoms with E-state index in [-0.39, 0.29) is 42.5 Å². The number of imide groups is 1. The van der Waals surface area contributed by atoms with Gasteiger partial charge in [0.05, 0.1) is 11.8 Å². The number of nitrogens with one attached hydrogen (secondary N) is 1. The first-order valence-corrected chi connectivity index (χ1v) is 8.34. The second-order valence-electron chi connectivity index (χ2n) is 6.58. The molecule has 3 amide bonds. The second-order valence-corrected chi connectivity index (χ2v) is 6.58. The Morgan fingerprint density at radius 3 is 2.29 bits per heavy atom. The van der Waals surface area contributed by atoms with Crippen molar-refractivity contribution in [2.24, 2.45) is 11.8 Å². The normalized spacial score (nSPS) is 22.7. The van der Waals surface area contributed by atoms with Crippen LogP contribution in [0.4, 0.5) is 5.69 Å². The Balaban J connectivity index is 1.57. The standard InChI is InChI=1S/C19H22N2O3/c1-12-7-8-14(11-13(12)2)20-17(22)9-10-21-18(23)15-5-3-4-6-16(15)19(21)24/h3-4,7-8,11,15-16H,5-6,9-10H2,1-2H3,(H,20,22)/t15-,16-/m1/s1. The summed E-state index contributed by atoms with van der Waals surface area (Å²) in [5.74, 6) is -0.913. The van der Waals surface area contributed by atoms with Crippen LogP contribution in [0.15, 0.2) is 30.4 Å². The molecule has 0 spiro atoms. The second kappa shape index (κ2) is 6.59. The molecule has 1 aromatic rings. The van der Waals surface area contributed by atoms with Crippen LogP contribution in [0.5, 0.6) is 0 Å². The summed E-state index contributed by atoms with van der Waals surface area (Å²) >= 11 is 0. The molecule has 0 unspecified atom stereocenters. The van der Waals surface area contributed by atoms with Crippen LogP contribution >= 0.6 is 0 Å². The lowest BCUT2D eigenvalue weighted by atomic mass is 9.85. The highest BCUT2D eigenvalue weighted by Crippen LogP contribution is 2.35. The summed E-state index contributed by atoms with van der Waals surface area (Å²) in [6, 6.07) is 5.72. The minimum absolute atomic E-state index is 0.122. The van der Waals surface area contributed by atoms with Crippen molar-refractivity contribution in [3.63, 3.8) is 0 Å². The van der Waals surface area contributed by atoms with Gasteiger partial charge in [0.2, 0.25) is 17.7 Å². The van der Waals surface area contributed by atoms with Gasteiger partial charge in [-0.15, -0.1) is 0 Å². The van der Waals surface area contributed by atoms with Gasteiger partial charge in [-0.25, -0.2) is 0 Å². The number of nitrogens with zero attached hydrogens (tertiary/aromatic N) is 1. The maximum Gasteiger partial charge on any atom is 0.233 e. The number of fused-ring (bicyclic) bond motifs is 1. The van der Waals surface area contributed by atoms with Crippen LogP contribution in [0.1, 0.15) is 30.4 Å². The Kier molecular flexibility index (Phi) is 4.51. The van der Waals surface area contributed by atoms with E-state index in [0.29, 0.717) is 12.8 Å². The van der Waals surface area contributed by atoms with Gasteiger partial charge in [-0.2, -0.15) is 0 Å². The molecule has 126 valence electrons. The van der Waals surface area contributed by atoms with Gasteiger partial charge in [0.15, 0.2) is 0 Å². The van der Waals surface area contributed by atoms with Gasteiger partial charge >= 0.3 is 0 Å². The Morgan fingerprint density at radius 2 is 1.71 bits per heavy atom. The number of carbonyl (C=O) groups is 3. The van der Waals surface area contributed by atoms with Crippen molar-refractivity contribution in [2.75, 3.05) is 11.9 Å². The lowest BCUT2D eigenvalue weighted by Gasteiger charge is -2.14. The van der Waals surface area contributed by atoms with Crippen LogP contribution in [0.3, 0.4) is 0 Å². The number of allylic oxidation sites excluding steroid dienone is 2. The molecule has 2 aliphatic rings. The Labute approximate surface area is 141 Å². The van der Waals surface area contributed by atoms with Crippen molar-refractivity contribution < 1.29 is 14.4 Å². The van der Waals surface area contributed by atoms with E-state index in [1.54, 1.807) is 0 Å². The average molecular weight is 326 g/mol. The Bertz CT molecular complexity index is 697. The number of benzene rings is 1. The van der Waals surface area contributed by atoms with Crippen molar-refractivity contribution >= 4 is 23.4 Å². The third-order valence-corrected chi connectivity index (χ3v) is 4.95. The van der Waals surface area contributed by atoms with E-state index in [4.69, 9.17) is 0 Å². The summed E-state index contributed by atoms with van der Waals surface area (Å²) in [5, 5.41) is 2.83. The van der Waals surface area contributed by atoms with Crippen molar-refractivity contribution in [2.45, 2.75) is 33.1 Å². The number of amides is 3. The van der Waals surface area contributed by atoms with E-state index in [0.717, 1.165) is 16.8 Å². The zero-order valence-corrected chi connectivity index (χ0v) is 14.0. The average Bonchev–Trinajstić information content (AvgIpc) is 2.81. The molecular weight excluding hydrogens is 304 g/mol. The molecule has 0 saturated carbocycles. The van der Waals surface area contributed by atoms with Crippen LogP contribution in [0.2, 0.25) is 0 Å². The van der Waals surface area contributed by atoms with Gasteiger partial charge < -0.3 is 5.32 Å². The van der Waals surface area contributed by atoms with Crippen LogP contribution in [0.25, 0.3) is 0 Å². The lowest BCUT2D eigenvalue weighted by Crippen LogP contribution is -2.34. The Hall–Kier alpha value is -2.43. The van der Waals surface area contributed by atoms with Crippen molar-refractivity contribution in [3.05, 3.63) is 41.5 Å². The molecule has 5 nitrogen and oxygen atoms in total. The predicted molar refractivity (Wildman–Crippen MR) is 91.2 cm³/mol. The van der Waals surface area contributed by atoms with E-state index in [2.05, 4.69) is 5.32 Å². The van der Waals surface area contributed by atoms with E-state index >= 15 is 0 Å². The molecule has 1 aliphatic carbocycles. The molecule has 1 saturated heterocycles. The summed E-state index contributed by atoms with van der Waals surface area (Å²) in [5.41, 5.74) is 3.01. The van der Waals surface area contributed by atoms with Gasteiger partial charge in [0.1, 0.15) is 0 Å². The maximum atomic E-state index is 12.3. The van der Waals surface area contributed by atoms with E-state index in [9.17, 15) is 14.4 Å². The topological polar surface area (TPSA) is 66.5 Å². The number of carbonyl (C=O) groups excluding carboxylic acids is 3. The van der Waals surface area contributed by atoms with Crippen molar-refractivity contribution in [3.8, 4) is 0 Å². The molecule has 5 heteroatoms. The SMILES string of the molecule is Cc1ccc(NC(=O)CCN2C(=O)[C@@H]3CC=CC[C@H]3C2=O)cc1C. The molecule has 1 heterocycles. The molecule has 0 aromatic heterocycles. The first-order valence-electron chi connectivity index (χ1n) is 8.34. The maximum absolute atomic E-state index is 12.3. The molecule has 2 atom stereocenters. The fourth-order valence-corrected chi connectivity index (χ4v) is 3.35. The predicted octanol–water partition coefficient (Wildman–Crippen LogP) is 2.58. The number of likely N-dealkylation sites (tertiary alicyclic amines) is 1. The molecular formula is C19H22N2O3. The van der Waals surface area contributed by atoms with Gasteiger partial charge in [-0.3, -0.25) is 19.3 Å². The first kappa shape index (κ1) is 16.4. The summed E-state index contributed by atoms with van der Waals surface area (Å²) in [7, 11) is 0. The zero-order valence-electron chi connectivity index (χ0n) is 14.0. The highest BCUT2D eigenvalue weighted by Gasteiger charge is 2.46. The van der Waals surface area contributed by atoms with Gasteiger partial charge in [0.25, 0.3) is 0 Å². The molecule has 24 heavy (non-hydrogen) atoms. The Morgan fingerprint density at radius 1 is 1.08 bits per heavy atom. The fourth-order valence-electron chi connectivity index (χ4n) is 3.35. The van der Waals surface area contributed by atoms with Gasteiger partial charge in [0, 0.05) is 18.7 Å². The highest BCUT2D eigenvalue weighted by molar-refractivity contribution is 6.05. The molecule has 1 fully saturated rings. The molecule has 1 aliphatic heterocycles. The first-order chi connectivity index (χ1) is 11.5. The number of anilines is 1. The van der Waals surface area contributed by atoms with Crippen LogP contribution in [-0.4, -0.2) is 29.2 Å². The van der Waals surface area contributed by atoms with E-state index in [1.165, 1.54) is 4.90 Å². The lowest BCUT2D eigenvalue weighted by molar-refractivity contribution is -0.140. The quantitative estimate of drug-likeness (QED) is 0.683. The summed E-state index contributed by atoms with van der Waals surface area (Å²) in [6.45, 7) is 4.16. The van der Waals surface area contributed by atoms with Gasteiger partial charge in [-0.05, 0) is 49.9 Å². The minimum Gasteiger partial charge on any atom is -0.326 e. The number of aryl methyl sites for hydroxylation is 2. The van der Waals surface area contributed by atoms with Crippen LogP contribution in [-0.2, 0) is 14.4 Å². The van der Waals surface area contributed by atoms with Crippen molar-refractivity contribution in [1.82, 2.24) is 4.90 Å². The monoisotopic (exact) mass is 326 g/mol. The zero-order chi connectivity index (χ0) is 17.3. The number of hydrogen-bond acceptors (Lipinski definition) is 3. The summed E-state index contributed by atoms with van der Waals surface area (Å²) in [4.78, 5) is 38.1. The minimum atomic E-state index is -0.231.